The number of pyridine rings is 2. The van der Waals surface area contributed by atoms with Crippen LogP contribution in [0.3, 0.4) is 0 Å². The molecule has 2 heterocycles. The molecule has 112 valence electrons. The van der Waals surface area contributed by atoms with Crippen molar-refractivity contribution in [1.29, 1.82) is 0 Å². The van der Waals surface area contributed by atoms with Crippen molar-refractivity contribution < 1.29 is 8.42 Å². The number of hydrogen-bond acceptors (Lipinski definition) is 5. The van der Waals surface area contributed by atoms with Crippen molar-refractivity contribution in [3.8, 4) is 0 Å². The van der Waals surface area contributed by atoms with Crippen molar-refractivity contribution in [3.05, 3.63) is 41.7 Å². The molecule has 0 atom stereocenters. The zero-order chi connectivity index (χ0) is 15.3. The second-order valence-electron chi connectivity index (χ2n) is 4.25. The third-order valence-corrected chi connectivity index (χ3v) is 4.09. The van der Waals surface area contributed by atoms with Crippen molar-refractivity contribution in [2.24, 2.45) is 0 Å². The fourth-order valence-electron chi connectivity index (χ4n) is 1.62. The third-order valence-electron chi connectivity index (χ3n) is 2.56. The van der Waals surface area contributed by atoms with Gasteiger partial charge in [-0.3, -0.25) is 4.72 Å². The van der Waals surface area contributed by atoms with Gasteiger partial charge in [-0.25, -0.2) is 9.97 Å². The van der Waals surface area contributed by atoms with E-state index in [2.05, 4.69) is 20.0 Å². The number of hydrogen-bond donors (Lipinski definition) is 2. The normalized spacial score (nSPS) is 11.1. The molecule has 0 aliphatic heterocycles. The molecule has 0 bridgehead atoms. The number of nitrogens with zero attached hydrogens (tertiary/aromatic N) is 2. The minimum absolute atomic E-state index is 0.0600. The van der Waals surface area contributed by atoms with Gasteiger partial charge >= 0.3 is 0 Å². The largest absolute Gasteiger partial charge is 0.383 e. The quantitative estimate of drug-likeness (QED) is 0.852. The summed E-state index contributed by atoms with van der Waals surface area (Å²) < 4.78 is 27.1. The molecule has 6 nitrogen and oxygen atoms in total. The van der Waals surface area contributed by atoms with Crippen LogP contribution < -0.4 is 10.0 Å². The predicted octanol–water partition coefficient (Wildman–Crippen LogP) is 2.75. The minimum atomic E-state index is -3.82. The first kappa shape index (κ1) is 15.5. The molecular weight excluding hydrogens is 312 g/mol. The van der Waals surface area contributed by atoms with Crippen LogP contribution in [0.5, 0.6) is 0 Å². The highest BCUT2D eigenvalue weighted by atomic mass is 35.5. The molecule has 2 N–H and O–H groups in total. The molecule has 0 fully saturated rings. The number of sulfonamides is 1. The van der Waals surface area contributed by atoms with Crippen molar-refractivity contribution in [3.63, 3.8) is 0 Å². The molecule has 2 rings (SSSR count). The molecule has 0 saturated heterocycles. The molecule has 21 heavy (non-hydrogen) atoms. The lowest BCUT2D eigenvalue weighted by molar-refractivity contribution is 0.597. The zero-order valence-corrected chi connectivity index (χ0v) is 12.9. The lowest BCUT2D eigenvalue weighted by Crippen LogP contribution is -2.17. The molecule has 0 aromatic carbocycles. The van der Waals surface area contributed by atoms with Gasteiger partial charge < -0.3 is 5.32 Å². The van der Waals surface area contributed by atoms with Crippen molar-refractivity contribution in [2.75, 3.05) is 16.6 Å². The molecule has 0 unspecified atom stereocenters. The fourth-order valence-corrected chi connectivity index (χ4v) is 2.86. The van der Waals surface area contributed by atoms with Crippen LogP contribution in [-0.2, 0) is 10.0 Å². The highest BCUT2D eigenvalue weighted by Crippen LogP contribution is 2.21. The molecule has 0 aliphatic rings. The Bertz CT molecular complexity index is 704. The minimum Gasteiger partial charge on any atom is -0.383 e. The summed E-state index contributed by atoms with van der Waals surface area (Å²) in [5.74, 6) is 0.187. The zero-order valence-electron chi connectivity index (χ0n) is 11.4. The summed E-state index contributed by atoms with van der Waals surface area (Å²) in [6, 6.07) is 6.40. The molecule has 0 radical (unpaired) electrons. The maximum Gasteiger partial charge on any atom is 0.282 e. The summed E-state index contributed by atoms with van der Waals surface area (Å²) in [7, 11) is -3.82. The van der Waals surface area contributed by atoms with Gasteiger partial charge in [0.05, 0.1) is 10.7 Å². The van der Waals surface area contributed by atoms with Crippen molar-refractivity contribution in [1.82, 2.24) is 9.97 Å². The second-order valence-corrected chi connectivity index (χ2v) is 6.28. The Balaban J connectivity index is 2.29. The van der Waals surface area contributed by atoms with Crippen LogP contribution in [0.15, 0.2) is 41.7 Å². The first-order valence-corrected chi connectivity index (χ1v) is 8.22. The van der Waals surface area contributed by atoms with Crippen LogP contribution in [0, 0.1) is 0 Å². The maximum absolute atomic E-state index is 12.4. The summed E-state index contributed by atoms with van der Waals surface area (Å²) in [6.07, 6.45) is 3.68. The van der Waals surface area contributed by atoms with Crippen molar-refractivity contribution >= 4 is 33.1 Å². The Morgan fingerprint density at radius 2 is 2.05 bits per heavy atom. The van der Waals surface area contributed by atoms with Crippen LogP contribution in [0.4, 0.5) is 11.5 Å². The smallest absolute Gasteiger partial charge is 0.282 e. The van der Waals surface area contributed by atoms with Gasteiger partial charge in [-0.1, -0.05) is 18.5 Å². The number of anilines is 2. The van der Waals surface area contributed by atoms with E-state index >= 15 is 0 Å². The Morgan fingerprint density at radius 1 is 1.24 bits per heavy atom. The Morgan fingerprint density at radius 3 is 2.71 bits per heavy atom. The van der Waals surface area contributed by atoms with Crippen LogP contribution in [0.2, 0.25) is 5.02 Å². The van der Waals surface area contributed by atoms with E-state index in [-0.39, 0.29) is 10.8 Å². The van der Waals surface area contributed by atoms with E-state index in [1.165, 1.54) is 18.5 Å². The fraction of sp³-hybridized carbons (Fsp3) is 0.231. The van der Waals surface area contributed by atoms with Gasteiger partial charge in [0.2, 0.25) is 0 Å². The summed E-state index contributed by atoms with van der Waals surface area (Å²) in [5, 5.41) is 3.41. The molecule has 0 amide bonds. The van der Waals surface area contributed by atoms with E-state index in [4.69, 9.17) is 11.6 Å². The molecule has 0 aliphatic carbocycles. The summed E-state index contributed by atoms with van der Waals surface area (Å²) in [6.45, 7) is 2.65. The molecular formula is C13H15ClN4O2S. The highest BCUT2D eigenvalue weighted by Gasteiger charge is 2.20. The van der Waals surface area contributed by atoms with Gasteiger partial charge in [-0.15, -0.1) is 0 Å². The van der Waals surface area contributed by atoms with Gasteiger partial charge in [-0.2, -0.15) is 8.42 Å². The molecule has 8 heteroatoms. The topological polar surface area (TPSA) is 84.0 Å². The van der Waals surface area contributed by atoms with Crippen molar-refractivity contribution in [2.45, 2.75) is 18.4 Å². The van der Waals surface area contributed by atoms with E-state index in [9.17, 15) is 8.42 Å². The van der Waals surface area contributed by atoms with E-state index in [0.717, 1.165) is 6.42 Å². The Kier molecular flexibility index (Phi) is 4.98. The van der Waals surface area contributed by atoms with Crippen LogP contribution in [0.25, 0.3) is 0 Å². The number of nitrogens with one attached hydrogen (secondary N) is 2. The predicted molar refractivity (Wildman–Crippen MR) is 83.1 cm³/mol. The molecule has 2 aromatic rings. The van der Waals surface area contributed by atoms with Gasteiger partial charge in [0.1, 0.15) is 5.82 Å². The van der Waals surface area contributed by atoms with Gasteiger partial charge in [0.25, 0.3) is 10.0 Å². The van der Waals surface area contributed by atoms with Crippen LogP contribution in [0.1, 0.15) is 13.3 Å². The monoisotopic (exact) mass is 326 g/mol. The van der Waals surface area contributed by atoms with E-state index in [1.807, 2.05) is 6.92 Å². The standard InChI is InChI=1S/C13H15ClN4O2S/c1-2-7-15-11-4-3-8-16-13(11)21(19,20)18-12-6-5-10(14)9-17-12/h3-6,8-9,15H,2,7H2,1H3,(H,17,18). The lowest BCUT2D eigenvalue weighted by atomic mass is 10.4. The lowest BCUT2D eigenvalue weighted by Gasteiger charge is -2.11. The summed E-state index contributed by atoms with van der Waals surface area (Å²) >= 11 is 5.72. The summed E-state index contributed by atoms with van der Waals surface area (Å²) in [5.41, 5.74) is 0.459. The molecule has 2 aromatic heterocycles. The van der Waals surface area contributed by atoms with E-state index in [1.54, 1.807) is 18.2 Å². The van der Waals surface area contributed by atoms with Gasteiger partial charge in [0, 0.05) is 18.9 Å². The number of aromatic nitrogens is 2. The molecule has 0 saturated carbocycles. The van der Waals surface area contributed by atoms with Gasteiger partial charge in [0.15, 0.2) is 5.03 Å². The van der Waals surface area contributed by atoms with E-state index in [0.29, 0.717) is 17.3 Å². The highest BCUT2D eigenvalue weighted by molar-refractivity contribution is 7.92. The number of halogens is 1. The molecule has 0 spiro atoms. The van der Waals surface area contributed by atoms with Crippen LogP contribution in [-0.4, -0.2) is 24.9 Å². The average molecular weight is 327 g/mol. The first-order valence-electron chi connectivity index (χ1n) is 6.36. The Labute approximate surface area is 128 Å². The maximum atomic E-state index is 12.4. The Hall–Kier alpha value is -1.86. The summed E-state index contributed by atoms with van der Waals surface area (Å²) in [4.78, 5) is 7.86. The average Bonchev–Trinajstić information content (AvgIpc) is 2.47. The first-order chi connectivity index (χ1) is 10.0. The van der Waals surface area contributed by atoms with Crippen LogP contribution >= 0.6 is 11.6 Å². The second kappa shape index (κ2) is 6.73. The van der Waals surface area contributed by atoms with E-state index < -0.39 is 10.0 Å². The SMILES string of the molecule is CCCNc1cccnc1S(=O)(=O)Nc1ccc(Cl)cn1. The number of rotatable bonds is 6. The third kappa shape index (κ3) is 4.05. The van der Waals surface area contributed by atoms with Gasteiger partial charge in [-0.05, 0) is 30.7 Å².